The maximum Gasteiger partial charge on any atom is 0.353 e. The number of nitro groups is 1. The summed E-state index contributed by atoms with van der Waals surface area (Å²) in [6.45, 7) is 5.13. The monoisotopic (exact) mass is 420 g/mol. The van der Waals surface area contributed by atoms with Crippen molar-refractivity contribution in [1.82, 2.24) is 9.97 Å². The van der Waals surface area contributed by atoms with Gasteiger partial charge in [-0.05, 0) is 31.2 Å². The van der Waals surface area contributed by atoms with Crippen LogP contribution in [0.1, 0.15) is 6.92 Å². The second-order valence-corrected chi connectivity index (χ2v) is 7.02. The van der Waals surface area contributed by atoms with Crippen molar-refractivity contribution in [1.29, 1.82) is 0 Å². The SMILES string of the molecule is CCOc1ccccc1Nc1ncnc(N2CCN(c3ccccc3)CC2)c1[N+](=O)[O-]. The highest BCUT2D eigenvalue weighted by molar-refractivity contribution is 5.76. The van der Waals surface area contributed by atoms with Crippen LogP contribution in [-0.2, 0) is 0 Å². The van der Waals surface area contributed by atoms with Gasteiger partial charge in [-0.25, -0.2) is 9.97 Å². The summed E-state index contributed by atoms with van der Waals surface area (Å²) >= 11 is 0. The normalized spacial score (nSPS) is 13.7. The van der Waals surface area contributed by atoms with Crippen molar-refractivity contribution < 1.29 is 9.66 Å². The number of anilines is 4. The first kappa shape index (κ1) is 20.4. The molecule has 1 aliphatic rings. The summed E-state index contributed by atoms with van der Waals surface area (Å²) in [4.78, 5) is 24.2. The van der Waals surface area contributed by atoms with Crippen molar-refractivity contribution in [2.75, 3.05) is 47.9 Å². The second kappa shape index (κ2) is 9.29. The molecule has 0 saturated carbocycles. The Bertz CT molecular complexity index is 1040. The number of nitrogens with zero attached hydrogens (tertiary/aromatic N) is 5. The zero-order valence-corrected chi connectivity index (χ0v) is 17.3. The predicted molar refractivity (Wildman–Crippen MR) is 120 cm³/mol. The number of benzene rings is 2. The van der Waals surface area contributed by atoms with Gasteiger partial charge in [-0.3, -0.25) is 10.1 Å². The highest BCUT2D eigenvalue weighted by Gasteiger charge is 2.29. The summed E-state index contributed by atoms with van der Waals surface area (Å²) in [5, 5.41) is 15.1. The Morgan fingerprint density at radius 3 is 2.39 bits per heavy atom. The van der Waals surface area contributed by atoms with E-state index in [2.05, 4.69) is 32.3 Å². The second-order valence-electron chi connectivity index (χ2n) is 7.02. The molecule has 1 N–H and O–H groups in total. The zero-order valence-electron chi connectivity index (χ0n) is 17.3. The van der Waals surface area contributed by atoms with Crippen molar-refractivity contribution in [3.05, 3.63) is 71.0 Å². The van der Waals surface area contributed by atoms with E-state index >= 15 is 0 Å². The molecule has 3 aromatic rings. The van der Waals surface area contributed by atoms with E-state index in [0.29, 0.717) is 37.0 Å². The molecular weight excluding hydrogens is 396 g/mol. The van der Waals surface area contributed by atoms with Crippen molar-refractivity contribution in [3.63, 3.8) is 0 Å². The van der Waals surface area contributed by atoms with E-state index in [-0.39, 0.29) is 11.5 Å². The van der Waals surface area contributed by atoms with Gasteiger partial charge in [0.1, 0.15) is 12.1 Å². The van der Waals surface area contributed by atoms with Crippen LogP contribution in [0.3, 0.4) is 0 Å². The van der Waals surface area contributed by atoms with Crippen LogP contribution < -0.4 is 19.9 Å². The Hall–Kier alpha value is -3.88. The smallest absolute Gasteiger partial charge is 0.353 e. The first-order chi connectivity index (χ1) is 15.2. The minimum Gasteiger partial charge on any atom is -0.492 e. The molecule has 1 saturated heterocycles. The predicted octanol–water partition coefficient (Wildman–Crippen LogP) is 3.85. The molecule has 2 heterocycles. The van der Waals surface area contributed by atoms with Gasteiger partial charge in [0.25, 0.3) is 0 Å². The molecule has 1 aliphatic heterocycles. The number of piperazine rings is 1. The van der Waals surface area contributed by atoms with E-state index in [1.165, 1.54) is 6.33 Å². The molecule has 0 atom stereocenters. The summed E-state index contributed by atoms with van der Waals surface area (Å²) in [5.41, 5.74) is 1.63. The quantitative estimate of drug-likeness (QED) is 0.455. The number of aromatic nitrogens is 2. The lowest BCUT2D eigenvalue weighted by atomic mass is 10.2. The van der Waals surface area contributed by atoms with Gasteiger partial charge in [-0.15, -0.1) is 0 Å². The average molecular weight is 420 g/mol. The van der Waals surface area contributed by atoms with Crippen LogP contribution in [0, 0.1) is 10.1 Å². The summed E-state index contributed by atoms with van der Waals surface area (Å²) in [7, 11) is 0. The molecule has 1 aromatic heterocycles. The molecular formula is C22H24N6O3. The van der Waals surface area contributed by atoms with E-state index in [1.807, 2.05) is 48.2 Å². The van der Waals surface area contributed by atoms with Crippen LogP contribution in [0.25, 0.3) is 0 Å². The molecule has 2 aromatic carbocycles. The standard InChI is InChI=1S/C22H24N6O3/c1-2-31-19-11-7-6-10-18(19)25-21-20(28(29)30)22(24-16-23-21)27-14-12-26(13-15-27)17-8-4-3-5-9-17/h3-11,16H,2,12-15H2,1H3,(H,23,24,25). The topological polar surface area (TPSA) is 96.7 Å². The fraction of sp³-hybridized carbons (Fsp3) is 0.273. The molecule has 0 radical (unpaired) electrons. The van der Waals surface area contributed by atoms with Crippen molar-refractivity contribution >= 4 is 28.7 Å². The third kappa shape index (κ3) is 4.50. The molecule has 0 unspecified atom stereocenters. The lowest BCUT2D eigenvalue weighted by Gasteiger charge is -2.36. The third-order valence-corrected chi connectivity index (χ3v) is 5.13. The molecule has 0 bridgehead atoms. The summed E-state index contributed by atoms with van der Waals surface area (Å²) in [6.07, 6.45) is 1.36. The number of para-hydroxylation sites is 3. The number of hydrogen-bond acceptors (Lipinski definition) is 8. The summed E-state index contributed by atoms with van der Waals surface area (Å²) in [6, 6.07) is 17.4. The molecule has 9 heteroatoms. The van der Waals surface area contributed by atoms with Gasteiger partial charge < -0.3 is 19.9 Å². The third-order valence-electron chi connectivity index (χ3n) is 5.13. The Morgan fingerprint density at radius 1 is 1.00 bits per heavy atom. The largest absolute Gasteiger partial charge is 0.492 e. The highest BCUT2D eigenvalue weighted by Crippen LogP contribution is 2.36. The highest BCUT2D eigenvalue weighted by atomic mass is 16.6. The van der Waals surface area contributed by atoms with Gasteiger partial charge in [0.2, 0.25) is 11.6 Å². The first-order valence-electron chi connectivity index (χ1n) is 10.2. The van der Waals surface area contributed by atoms with E-state index in [1.54, 1.807) is 6.07 Å². The van der Waals surface area contributed by atoms with Gasteiger partial charge >= 0.3 is 5.69 Å². The molecule has 31 heavy (non-hydrogen) atoms. The van der Waals surface area contributed by atoms with Gasteiger partial charge in [0.15, 0.2) is 0 Å². The Labute approximate surface area is 180 Å². The van der Waals surface area contributed by atoms with E-state index in [4.69, 9.17) is 4.74 Å². The van der Waals surface area contributed by atoms with Gasteiger partial charge in [-0.1, -0.05) is 30.3 Å². The Morgan fingerprint density at radius 2 is 1.68 bits per heavy atom. The molecule has 9 nitrogen and oxygen atoms in total. The van der Waals surface area contributed by atoms with Gasteiger partial charge in [0.05, 0.1) is 17.2 Å². The maximum absolute atomic E-state index is 12.0. The molecule has 0 spiro atoms. The van der Waals surface area contributed by atoms with Crippen LogP contribution in [-0.4, -0.2) is 47.7 Å². The Balaban J connectivity index is 1.58. The van der Waals surface area contributed by atoms with Crippen molar-refractivity contribution in [3.8, 4) is 5.75 Å². The number of nitrogens with one attached hydrogen (secondary N) is 1. The lowest BCUT2D eigenvalue weighted by Crippen LogP contribution is -2.47. The van der Waals surface area contributed by atoms with Crippen molar-refractivity contribution in [2.24, 2.45) is 0 Å². The van der Waals surface area contributed by atoms with Crippen LogP contribution in [0.5, 0.6) is 5.75 Å². The minimum absolute atomic E-state index is 0.137. The fourth-order valence-electron chi connectivity index (χ4n) is 3.65. The van der Waals surface area contributed by atoms with E-state index in [0.717, 1.165) is 18.8 Å². The van der Waals surface area contributed by atoms with E-state index in [9.17, 15) is 10.1 Å². The van der Waals surface area contributed by atoms with Crippen LogP contribution in [0.2, 0.25) is 0 Å². The summed E-state index contributed by atoms with van der Waals surface area (Å²) in [5.74, 6) is 1.08. The molecule has 0 aliphatic carbocycles. The van der Waals surface area contributed by atoms with Gasteiger partial charge in [0, 0.05) is 31.9 Å². The van der Waals surface area contributed by atoms with Crippen molar-refractivity contribution in [2.45, 2.75) is 6.92 Å². The molecule has 0 amide bonds. The zero-order chi connectivity index (χ0) is 21.6. The minimum atomic E-state index is -0.426. The lowest BCUT2D eigenvalue weighted by molar-refractivity contribution is -0.383. The Kier molecular flexibility index (Phi) is 6.11. The molecule has 160 valence electrons. The number of hydrogen-bond donors (Lipinski definition) is 1. The fourth-order valence-corrected chi connectivity index (χ4v) is 3.65. The van der Waals surface area contributed by atoms with Crippen LogP contribution in [0.4, 0.5) is 28.7 Å². The van der Waals surface area contributed by atoms with Crippen LogP contribution >= 0.6 is 0 Å². The summed E-state index contributed by atoms with van der Waals surface area (Å²) < 4.78 is 5.62. The first-order valence-corrected chi connectivity index (χ1v) is 10.2. The van der Waals surface area contributed by atoms with Gasteiger partial charge in [-0.2, -0.15) is 0 Å². The average Bonchev–Trinajstić information content (AvgIpc) is 2.81. The maximum atomic E-state index is 12.0. The van der Waals surface area contributed by atoms with Crippen LogP contribution in [0.15, 0.2) is 60.9 Å². The number of ether oxygens (including phenoxy) is 1. The molecule has 1 fully saturated rings. The number of rotatable bonds is 7. The molecule has 4 rings (SSSR count). The van der Waals surface area contributed by atoms with E-state index < -0.39 is 4.92 Å².